The Hall–Kier alpha value is -3.27. The Morgan fingerprint density at radius 1 is 1.19 bits per heavy atom. The van der Waals surface area contributed by atoms with Crippen molar-refractivity contribution in [3.63, 3.8) is 0 Å². The third-order valence-electron chi connectivity index (χ3n) is 5.36. The van der Waals surface area contributed by atoms with Crippen LogP contribution in [0.1, 0.15) is 12.8 Å². The van der Waals surface area contributed by atoms with E-state index in [0.29, 0.717) is 27.4 Å². The molecule has 154 valence electrons. The molecule has 3 heterocycles. The maximum Gasteiger partial charge on any atom is 0.266 e. The number of hydrogen-bond donors (Lipinski definition) is 0. The van der Waals surface area contributed by atoms with Gasteiger partial charge in [0.05, 0.1) is 28.8 Å². The molecular weight excluding hydrogens is 437 g/mol. The summed E-state index contributed by atoms with van der Waals surface area (Å²) < 4.78 is 12.9. The molecule has 0 amide bonds. The van der Waals surface area contributed by atoms with Crippen LogP contribution in [0.15, 0.2) is 64.1 Å². The number of ether oxygens (including phenoxy) is 1. The van der Waals surface area contributed by atoms with E-state index in [4.69, 9.17) is 37.6 Å². The van der Waals surface area contributed by atoms with Gasteiger partial charge in [0.25, 0.3) is 5.56 Å². The quantitative estimate of drug-likeness (QED) is 0.392. The fourth-order valence-corrected chi connectivity index (χ4v) is 3.64. The Labute approximate surface area is 187 Å². The van der Waals surface area contributed by atoms with Gasteiger partial charge in [0.1, 0.15) is 23.0 Å². The fraction of sp³-hybridized carbons (Fsp3) is 0.174. The molecule has 31 heavy (non-hydrogen) atoms. The summed E-state index contributed by atoms with van der Waals surface area (Å²) in [4.78, 5) is 17.3. The predicted molar refractivity (Wildman–Crippen MR) is 118 cm³/mol. The maximum atomic E-state index is 13.1. The number of aromatic nitrogens is 2. The molecule has 0 spiro atoms. The van der Waals surface area contributed by atoms with Crippen molar-refractivity contribution >= 4 is 34.2 Å². The Bertz CT molecular complexity index is 1400. The summed E-state index contributed by atoms with van der Waals surface area (Å²) >= 11 is 12.3. The molecule has 1 saturated carbocycles. The van der Waals surface area contributed by atoms with E-state index in [9.17, 15) is 4.79 Å². The highest BCUT2D eigenvalue weighted by molar-refractivity contribution is 6.32. The Morgan fingerprint density at radius 3 is 2.65 bits per heavy atom. The average Bonchev–Trinajstić information content (AvgIpc) is 3.43. The molecule has 1 aliphatic rings. The van der Waals surface area contributed by atoms with Crippen molar-refractivity contribution < 1.29 is 9.15 Å². The van der Waals surface area contributed by atoms with Gasteiger partial charge in [-0.05, 0) is 55.3 Å². The molecule has 1 fully saturated rings. The minimum Gasteiger partial charge on any atom is -0.475 e. The molecule has 1 aliphatic carbocycles. The topological polar surface area (TPSA) is 81.0 Å². The second kappa shape index (κ2) is 7.45. The van der Waals surface area contributed by atoms with E-state index >= 15 is 0 Å². The van der Waals surface area contributed by atoms with Gasteiger partial charge in [0, 0.05) is 16.8 Å². The lowest BCUT2D eigenvalue weighted by atomic mass is 10.1. The van der Waals surface area contributed by atoms with Crippen LogP contribution in [0.3, 0.4) is 0 Å². The zero-order valence-electron chi connectivity index (χ0n) is 16.1. The molecule has 0 unspecified atom stereocenters. The molecular formula is C23H15Cl2N3O3. The molecule has 1 aromatic carbocycles. The molecule has 4 aromatic rings. The normalized spacial score (nSPS) is 14.4. The zero-order chi connectivity index (χ0) is 21.6. The van der Waals surface area contributed by atoms with Gasteiger partial charge in [-0.1, -0.05) is 23.2 Å². The van der Waals surface area contributed by atoms with Crippen LogP contribution < -0.4 is 10.3 Å². The van der Waals surface area contributed by atoms with Gasteiger partial charge in [-0.25, -0.2) is 4.98 Å². The highest BCUT2D eigenvalue weighted by Gasteiger charge is 2.44. The van der Waals surface area contributed by atoms with Crippen LogP contribution in [0.25, 0.3) is 28.0 Å². The van der Waals surface area contributed by atoms with Crippen molar-refractivity contribution in [1.29, 1.82) is 5.26 Å². The van der Waals surface area contributed by atoms with E-state index in [2.05, 4.69) is 11.1 Å². The molecule has 0 saturated heterocycles. The van der Waals surface area contributed by atoms with E-state index in [1.54, 1.807) is 36.5 Å². The van der Waals surface area contributed by atoms with E-state index in [0.717, 1.165) is 18.4 Å². The van der Waals surface area contributed by atoms with Crippen LogP contribution in [0.4, 0.5) is 0 Å². The van der Waals surface area contributed by atoms with Gasteiger partial charge in [0.15, 0.2) is 0 Å². The number of fused-ring (bicyclic) bond motifs is 1. The van der Waals surface area contributed by atoms with Crippen LogP contribution in [-0.2, 0) is 0 Å². The largest absolute Gasteiger partial charge is 0.475 e. The minimum atomic E-state index is -0.422. The third kappa shape index (κ3) is 3.67. The highest BCUT2D eigenvalue weighted by atomic mass is 35.5. The molecule has 3 aromatic heterocycles. The maximum absolute atomic E-state index is 13.1. The van der Waals surface area contributed by atoms with Gasteiger partial charge < -0.3 is 9.15 Å². The smallest absolute Gasteiger partial charge is 0.266 e. The van der Waals surface area contributed by atoms with Gasteiger partial charge in [-0.3, -0.25) is 9.36 Å². The third-order valence-corrected chi connectivity index (χ3v) is 5.88. The number of rotatable bonds is 5. The summed E-state index contributed by atoms with van der Waals surface area (Å²) in [6, 6.07) is 14.5. The average molecular weight is 452 g/mol. The first-order chi connectivity index (χ1) is 15.0. The number of nitrogens with zero attached hydrogens (tertiary/aromatic N) is 3. The monoisotopic (exact) mass is 451 g/mol. The molecule has 0 N–H and O–H groups in total. The summed E-state index contributed by atoms with van der Waals surface area (Å²) in [5.41, 5.74) is 1.13. The van der Waals surface area contributed by atoms with Crippen molar-refractivity contribution in [2.45, 2.75) is 12.8 Å². The van der Waals surface area contributed by atoms with Crippen molar-refractivity contribution in [2.75, 3.05) is 6.61 Å². The number of benzene rings is 1. The van der Waals surface area contributed by atoms with Crippen molar-refractivity contribution in [1.82, 2.24) is 9.55 Å². The first kappa shape index (κ1) is 19.7. The SMILES string of the molecule is N#CC1(COc2ncc(-n3ccc4oc(-c5ccc(Cl)cc5)cc4c3=O)cc2Cl)CC1. The summed E-state index contributed by atoms with van der Waals surface area (Å²) in [7, 11) is 0. The van der Waals surface area contributed by atoms with Crippen LogP contribution in [-0.4, -0.2) is 16.2 Å². The second-order valence-corrected chi connectivity index (χ2v) is 8.39. The molecule has 8 heteroatoms. The van der Waals surface area contributed by atoms with Crippen molar-refractivity contribution in [3.8, 4) is 29.0 Å². The first-order valence-corrected chi connectivity index (χ1v) is 10.3. The molecule has 6 nitrogen and oxygen atoms in total. The summed E-state index contributed by atoms with van der Waals surface area (Å²) in [5.74, 6) is 0.822. The number of nitriles is 1. The van der Waals surface area contributed by atoms with Crippen LogP contribution in [0.5, 0.6) is 5.88 Å². The Balaban J connectivity index is 1.46. The van der Waals surface area contributed by atoms with E-state index < -0.39 is 5.41 Å². The van der Waals surface area contributed by atoms with Crippen molar-refractivity contribution in [2.24, 2.45) is 5.41 Å². The Morgan fingerprint density at radius 2 is 1.97 bits per heavy atom. The lowest BCUT2D eigenvalue weighted by Gasteiger charge is -2.11. The second-order valence-electron chi connectivity index (χ2n) is 7.55. The highest BCUT2D eigenvalue weighted by Crippen LogP contribution is 2.45. The van der Waals surface area contributed by atoms with Gasteiger partial charge in [-0.15, -0.1) is 0 Å². The van der Waals surface area contributed by atoms with Crippen LogP contribution in [0, 0.1) is 16.7 Å². The zero-order valence-corrected chi connectivity index (χ0v) is 17.7. The molecule has 0 atom stereocenters. The van der Waals surface area contributed by atoms with Gasteiger partial charge in [-0.2, -0.15) is 5.26 Å². The predicted octanol–water partition coefficient (Wildman–Crippen LogP) is 5.64. The lowest BCUT2D eigenvalue weighted by molar-refractivity contribution is 0.259. The number of pyridine rings is 2. The number of halogens is 2. The fourth-order valence-electron chi connectivity index (χ4n) is 3.29. The first-order valence-electron chi connectivity index (χ1n) is 9.59. The molecule has 0 radical (unpaired) electrons. The Kier molecular flexibility index (Phi) is 4.73. The van der Waals surface area contributed by atoms with Crippen LogP contribution >= 0.6 is 23.2 Å². The number of furan rings is 1. The molecule has 0 aliphatic heterocycles. The van der Waals surface area contributed by atoms with E-state index in [-0.39, 0.29) is 23.1 Å². The van der Waals surface area contributed by atoms with E-state index in [1.807, 2.05) is 12.1 Å². The van der Waals surface area contributed by atoms with Gasteiger partial charge >= 0.3 is 0 Å². The summed E-state index contributed by atoms with van der Waals surface area (Å²) in [6.45, 7) is 0.254. The standard InChI is InChI=1S/C23H15Cl2N3O3/c24-15-3-1-14(2-4-15)20-10-17-19(31-20)5-8-28(22(17)29)16-9-18(25)21(27-11-16)30-13-23(12-26)6-7-23/h1-5,8-11H,6-7,13H2. The van der Waals surface area contributed by atoms with E-state index in [1.165, 1.54) is 10.8 Å². The lowest BCUT2D eigenvalue weighted by Crippen LogP contribution is -2.17. The summed E-state index contributed by atoms with van der Waals surface area (Å²) in [6.07, 6.45) is 4.76. The molecule has 0 bridgehead atoms. The summed E-state index contributed by atoms with van der Waals surface area (Å²) in [5, 5.41) is 10.5. The van der Waals surface area contributed by atoms with Gasteiger partial charge in [0.2, 0.25) is 5.88 Å². The minimum absolute atomic E-state index is 0.245. The van der Waals surface area contributed by atoms with Crippen molar-refractivity contribution in [3.05, 3.63) is 75.3 Å². The molecule has 5 rings (SSSR count). The number of hydrogen-bond acceptors (Lipinski definition) is 5. The van der Waals surface area contributed by atoms with Crippen LogP contribution in [0.2, 0.25) is 10.0 Å².